The zero-order valence-electron chi connectivity index (χ0n) is 9.33. The molecule has 1 heterocycles. The number of Topliss-reactive ketones (excluding diaryl/α,β-unsaturated/α-hetero) is 1. The number of thioether (sulfide) groups is 1. The summed E-state index contributed by atoms with van der Waals surface area (Å²) in [7, 11) is 1.30. The molecule has 0 saturated carbocycles. The van der Waals surface area contributed by atoms with Gasteiger partial charge in [0.2, 0.25) is 0 Å². The summed E-state index contributed by atoms with van der Waals surface area (Å²) in [6.45, 7) is 4.14. The van der Waals surface area contributed by atoms with Crippen LogP contribution in [0.25, 0.3) is 0 Å². The lowest BCUT2D eigenvalue weighted by molar-refractivity contribution is -0.142. The zero-order valence-corrected chi connectivity index (χ0v) is 10.1. The first-order valence-corrected chi connectivity index (χ1v) is 5.89. The number of esters is 1. The molecular formula is C11H16O3S. The average Bonchev–Trinajstić information content (AvgIpc) is 2.16. The summed E-state index contributed by atoms with van der Waals surface area (Å²) >= 11 is 1.82. The third kappa shape index (κ3) is 3.70. The molecule has 0 unspecified atom stereocenters. The molecule has 84 valence electrons. The van der Waals surface area contributed by atoms with E-state index in [0.717, 1.165) is 17.7 Å². The van der Waals surface area contributed by atoms with Crippen LogP contribution in [0, 0.1) is 0 Å². The van der Waals surface area contributed by atoms with Gasteiger partial charge in [-0.25, -0.2) is 0 Å². The van der Waals surface area contributed by atoms with Crippen LogP contribution >= 0.6 is 11.8 Å². The van der Waals surface area contributed by atoms with Gasteiger partial charge in [-0.1, -0.05) is 6.08 Å². The van der Waals surface area contributed by atoms with Gasteiger partial charge in [0, 0.05) is 4.75 Å². The molecule has 0 atom stereocenters. The molecule has 0 amide bonds. The summed E-state index contributed by atoms with van der Waals surface area (Å²) in [5.41, 5.74) is 0.768. The van der Waals surface area contributed by atoms with Gasteiger partial charge in [-0.2, -0.15) is 11.8 Å². The van der Waals surface area contributed by atoms with Crippen LogP contribution < -0.4 is 0 Å². The van der Waals surface area contributed by atoms with Crippen molar-refractivity contribution < 1.29 is 14.3 Å². The fourth-order valence-corrected chi connectivity index (χ4v) is 2.57. The molecule has 0 aromatic heterocycles. The minimum atomic E-state index is -0.461. The molecule has 0 saturated heterocycles. The van der Waals surface area contributed by atoms with Gasteiger partial charge in [0.25, 0.3) is 0 Å². The van der Waals surface area contributed by atoms with Crippen LogP contribution in [0.15, 0.2) is 11.6 Å². The Hall–Kier alpha value is -0.770. The second-order valence-corrected chi connectivity index (χ2v) is 5.80. The van der Waals surface area contributed by atoms with Gasteiger partial charge < -0.3 is 4.74 Å². The molecule has 0 aliphatic carbocycles. The van der Waals surface area contributed by atoms with Crippen LogP contribution in [-0.2, 0) is 14.3 Å². The second kappa shape index (κ2) is 4.84. The van der Waals surface area contributed by atoms with Crippen molar-refractivity contribution in [2.45, 2.75) is 31.4 Å². The van der Waals surface area contributed by atoms with E-state index in [0.29, 0.717) is 0 Å². The number of carbonyl (C=O) groups is 2. The van der Waals surface area contributed by atoms with Crippen molar-refractivity contribution in [3.63, 3.8) is 0 Å². The van der Waals surface area contributed by atoms with Gasteiger partial charge in [-0.3, -0.25) is 9.59 Å². The summed E-state index contributed by atoms with van der Waals surface area (Å²) in [5, 5.41) is 0. The average molecular weight is 228 g/mol. The summed E-state index contributed by atoms with van der Waals surface area (Å²) in [4.78, 5) is 22.6. The predicted molar refractivity (Wildman–Crippen MR) is 60.9 cm³/mol. The van der Waals surface area contributed by atoms with Crippen molar-refractivity contribution in [2.24, 2.45) is 0 Å². The van der Waals surface area contributed by atoms with Crippen molar-refractivity contribution in [1.29, 1.82) is 0 Å². The minimum absolute atomic E-state index is 0.000632. The minimum Gasteiger partial charge on any atom is -0.469 e. The lowest BCUT2D eigenvalue weighted by Gasteiger charge is -2.26. The van der Waals surface area contributed by atoms with Crippen molar-refractivity contribution in [3.05, 3.63) is 11.6 Å². The number of carbonyl (C=O) groups excluding carboxylic acids is 2. The number of ketones is 1. The Labute approximate surface area is 94.3 Å². The standard InChI is InChI=1S/C11H16O3S/c1-11(2)7-8(4-5-15-11)9(12)6-10(13)14-3/h7H,4-6H2,1-3H3. The quantitative estimate of drug-likeness (QED) is 0.547. The fraction of sp³-hybridized carbons (Fsp3) is 0.636. The molecule has 0 aromatic carbocycles. The number of methoxy groups -OCH3 is 1. The van der Waals surface area contributed by atoms with Crippen LogP contribution in [0.5, 0.6) is 0 Å². The van der Waals surface area contributed by atoms with Crippen LogP contribution in [0.2, 0.25) is 0 Å². The highest BCUT2D eigenvalue weighted by molar-refractivity contribution is 8.00. The van der Waals surface area contributed by atoms with Gasteiger partial charge in [0.15, 0.2) is 5.78 Å². The Morgan fingerprint density at radius 3 is 2.73 bits per heavy atom. The summed E-state index contributed by atoms with van der Waals surface area (Å²) in [6, 6.07) is 0. The van der Waals surface area contributed by atoms with Crippen LogP contribution in [0.1, 0.15) is 26.7 Å². The molecule has 1 rings (SSSR count). The number of rotatable bonds is 3. The van der Waals surface area contributed by atoms with Crippen molar-refractivity contribution in [2.75, 3.05) is 12.9 Å². The van der Waals surface area contributed by atoms with Gasteiger partial charge in [-0.05, 0) is 31.6 Å². The monoisotopic (exact) mass is 228 g/mol. The van der Waals surface area contributed by atoms with Crippen LogP contribution in [0.4, 0.5) is 0 Å². The third-order valence-corrected chi connectivity index (χ3v) is 3.53. The molecule has 3 nitrogen and oxygen atoms in total. The highest BCUT2D eigenvalue weighted by Crippen LogP contribution is 2.34. The molecular weight excluding hydrogens is 212 g/mol. The molecule has 0 aromatic rings. The largest absolute Gasteiger partial charge is 0.469 e. The Bertz CT molecular complexity index is 305. The first-order valence-electron chi connectivity index (χ1n) is 4.90. The van der Waals surface area contributed by atoms with Crippen LogP contribution in [-0.4, -0.2) is 29.4 Å². The molecule has 0 bridgehead atoms. The van der Waals surface area contributed by atoms with Crippen LogP contribution in [0.3, 0.4) is 0 Å². The molecule has 15 heavy (non-hydrogen) atoms. The van der Waals surface area contributed by atoms with Crippen molar-refractivity contribution in [1.82, 2.24) is 0 Å². The van der Waals surface area contributed by atoms with Crippen molar-refractivity contribution in [3.8, 4) is 0 Å². The highest BCUT2D eigenvalue weighted by Gasteiger charge is 2.25. The van der Waals surface area contributed by atoms with Gasteiger partial charge in [-0.15, -0.1) is 0 Å². The normalized spacial score (nSPS) is 19.3. The fourth-order valence-electron chi connectivity index (χ4n) is 1.49. The lowest BCUT2D eigenvalue weighted by Crippen LogP contribution is -2.21. The molecule has 0 spiro atoms. The van der Waals surface area contributed by atoms with E-state index in [1.54, 1.807) is 0 Å². The second-order valence-electron chi connectivity index (χ2n) is 4.05. The van der Waals surface area contributed by atoms with E-state index in [4.69, 9.17) is 0 Å². The maximum atomic E-state index is 11.7. The Kier molecular flexibility index (Phi) is 3.97. The Morgan fingerprint density at radius 2 is 2.20 bits per heavy atom. The molecule has 0 N–H and O–H groups in total. The summed E-state index contributed by atoms with van der Waals surface area (Å²) < 4.78 is 4.47. The molecule has 0 fully saturated rings. The Balaban J connectivity index is 2.67. The Morgan fingerprint density at radius 1 is 1.53 bits per heavy atom. The van der Waals surface area contributed by atoms with E-state index < -0.39 is 5.97 Å². The SMILES string of the molecule is COC(=O)CC(=O)C1=CC(C)(C)SCC1. The van der Waals surface area contributed by atoms with Gasteiger partial charge in [0.1, 0.15) is 6.42 Å². The predicted octanol–water partition coefficient (Wildman–Crippen LogP) is 1.96. The van der Waals surface area contributed by atoms with E-state index >= 15 is 0 Å². The highest BCUT2D eigenvalue weighted by atomic mass is 32.2. The molecule has 1 aliphatic rings. The number of ether oxygens (including phenoxy) is 1. The third-order valence-electron chi connectivity index (χ3n) is 2.26. The van der Waals surface area contributed by atoms with E-state index in [1.807, 2.05) is 17.8 Å². The molecule has 4 heteroatoms. The van der Waals surface area contributed by atoms with E-state index in [2.05, 4.69) is 18.6 Å². The van der Waals surface area contributed by atoms with E-state index in [1.165, 1.54) is 7.11 Å². The van der Waals surface area contributed by atoms with E-state index in [-0.39, 0.29) is 17.0 Å². The smallest absolute Gasteiger partial charge is 0.313 e. The first kappa shape index (κ1) is 12.3. The number of hydrogen-bond donors (Lipinski definition) is 0. The summed E-state index contributed by atoms with van der Waals surface area (Å²) in [5.74, 6) is 0.373. The van der Waals surface area contributed by atoms with Crippen molar-refractivity contribution >= 4 is 23.5 Å². The number of hydrogen-bond acceptors (Lipinski definition) is 4. The maximum Gasteiger partial charge on any atom is 0.313 e. The number of allylic oxidation sites excluding steroid dienone is 1. The first-order chi connectivity index (χ1) is 6.94. The molecule has 1 aliphatic heterocycles. The zero-order chi connectivity index (χ0) is 11.5. The van der Waals surface area contributed by atoms with Gasteiger partial charge >= 0.3 is 5.97 Å². The lowest BCUT2D eigenvalue weighted by atomic mass is 10.0. The maximum absolute atomic E-state index is 11.7. The summed E-state index contributed by atoms with van der Waals surface area (Å²) in [6.07, 6.45) is 2.58. The topological polar surface area (TPSA) is 43.4 Å². The van der Waals surface area contributed by atoms with E-state index in [9.17, 15) is 9.59 Å². The molecule has 0 radical (unpaired) electrons. The van der Waals surface area contributed by atoms with Gasteiger partial charge in [0.05, 0.1) is 7.11 Å².